The molecule has 3 aromatic rings. The van der Waals surface area contributed by atoms with Crippen LogP contribution in [0.2, 0.25) is 0 Å². The largest absolute Gasteiger partial charge is 0.337 e. The van der Waals surface area contributed by atoms with E-state index in [0.29, 0.717) is 0 Å². The fraction of sp³-hybridized carbons (Fsp3) is 0.250. The predicted octanol–water partition coefficient (Wildman–Crippen LogP) is 2.73. The SMILES string of the molecule is CCc1nn(C)cc1Nc1ncnc2sccc12. The highest BCUT2D eigenvalue weighted by molar-refractivity contribution is 7.16. The quantitative estimate of drug-likeness (QED) is 0.785. The lowest BCUT2D eigenvalue weighted by molar-refractivity contribution is 0.746. The summed E-state index contributed by atoms with van der Waals surface area (Å²) in [6.45, 7) is 2.09. The van der Waals surface area contributed by atoms with Crippen LogP contribution >= 0.6 is 11.3 Å². The second-order valence-electron chi connectivity index (χ2n) is 4.00. The molecule has 0 aliphatic rings. The molecule has 5 nitrogen and oxygen atoms in total. The smallest absolute Gasteiger partial charge is 0.142 e. The van der Waals surface area contributed by atoms with E-state index in [2.05, 4.69) is 27.3 Å². The Labute approximate surface area is 109 Å². The summed E-state index contributed by atoms with van der Waals surface area (Å²) in [5.74, 6) is 0.837. The first-order valence-electron chi connectivity index (χ1n) is 5.75. The van der Waals surface area contributed by atoms with Crippen LogP contribution in [0, 0.1) is 0 Å². The molecule has 92 valence electrons. The summed E-state index contributed by atoms with van der Waals surface area (Å²) in [5.41, 5.74) is 2.05. The van der Waals surface area contributed by atoms with Gasteiger partial charge in [-0.25, -0.2) is 9.97 Å². The first-order valence-corrected chi connectivity index (χ1v) is 6.63. The first-order chi connectivity index (χ1) is 8.78. The van der Waals surface area contributed by atoms with E-state index in [1.165, 1.54) is 0 Å². The molecule has 3 aromatic heterocycles. The van der Waals surface area contributed by atoms with E-state index in [0.717, 1.165) is 33.8 Å². The zero-order valence-electron chi connectivity index (χ0n) is 10.2. The number of thiophene rings is 1. The summed E-state index contributed by atoms with van der Waals surface area (Å²) >= 11 is 1.62. The molecule has 0 unspecified atom stereocenters. The van der Waals surface area contributed by atoms with Gasteiger partial charge in [0.1, 0.15) is 17.0 Å². The summed E-state index contributed by atoms with van der Waals surface area (Å²) in [6.07, 6.45) is 4.45. The minimum atomic E-state index is 0.837. The second kappa shape index (κ2) is 4.38. The average Bonchev–Trinajstić information content (AvgIpc) is 2.96. The second-order valence-corrected chi connectivity index (χ2v) is 4.90. The van der Waals surface area contributed by atoms with E-state index in [1.807, 2.05) is 29.4 Å². The monoisotopic (exact) mass is 259 g/mol. The topological polar surface area (TPSA) is 55.6 Å². The van der Waals surface area contributed by atoms with Crippen molar-refractivity contribution in [2.45, 2.75) is 13.3 Å². The zero-order chi connectivity index (χ0) is 12.5. The van der Waals surface area contributed by atoms with Crippen molar-refractivity contribution in [1.82, 2.24) is 19.7 Å². The van der Waals surface area contributed by atoms with Crippen LogP contribution in [0.25, 0.3) is 10.2 Å². The molecular weight excluding hydrogens is 246 g/mol. The fourth-order valence-corrected chi connectivity index (χ4v) is 2.65. The van der Waals surface area contributed by atoms with Gasteiger partial charge in [0, 0.05) is 13.2 Å². The Kier molecular flexibility index (Phi) is 2.71. The third-order valence-corrected chi connectivity index (χ3v) is 3.58. The van der Waals surface area contributed by atoms with Gasteiger partial charge in [-0.3, -0.25) is 4.68 Å². The molecule has 0 bridgehead atoms. The van der Waals surface area contributed by atoms with Crippen LogP contribution in [-0.2, 0) is 13.5 Å². The van der Waals surface area contributed by atoms with Crippen LogP contribution in [-0.4, -0.2) is 19.7 Å². The third kappa shape index (κ3) is 1.84. The van der Waals surface area contributed by atoms with E-state index in [9.17, 15) is 0 Å². The van der Waals surface area contributed by atoms with Gasteiger partial charge in [0.2, 0.25) is 0 Å². The molecule has 0 saturated heterocycles. The number of nitrogens with one attached hydrogen (secondary N) is 1. The number of nitrogens with zero attached hydrogens (tertiary/aromatic N) is 4. The highest BCUT2D eigenvalue weighted by Gasteiger charge is 2.09. The van der Waals surface area contributed by atoms with Gasteiger partial charge in [-0.1, -0.05) is 6.92 Å². The Bertz CT molecular complexity index is 685. The Morgan fingerprint density at radius 1 is 1.39 bits per heavy atom. The molecule has 3 rings (SSSR count). The maximum absolute atomic E-state index is 4.41. The van der Waals surface area contributed by atoms with Crippen molar-refractivity contribution in [3.63, 3.8) is 0 Å². The lowest BCUT2D eigenvalue weighted by atomic mass is 10.3. The van der Waals surface area contributed by atoms with Crippen LogP contribution in [0.5, 0.6) is 0 Å². The molecule has 0 saturated carbocycles. The maximum Gasteiger partial charge on any atom is 0.142 e. The minimum absolute atomic E-state index is 0.837. The molecule has 0 spiro atoms. The molecule has 6 heteroatoms. The zero-order valence-corrected chi connectivity index (χ0v) is 11.0. The highest BCUT2D eigenvalue weighted by atomic mass is 32.1. The van der Waals surface area contributed by atoms with Crippen molar-refractivity contribution in [3.05, 3.63) is 29.7 Å². The summed E-state index contributed by atoms with van der Waals surface area (Å²) in [7, 11) is 1.92. The number of rotatable bonds is 3. The van der Waals surface area contributed by atoms with Crippen molar-refractivity contribution in [3.8, 4) is 0 Å². The number of fused-ring (bicyclic) bond motifs is 1. The lowest BCUT2D eigenvalue weighted by Gasteiger charge is -2.05. The van der Waals surface area contributed by atoms with Crippen LogP contribution in [0.3, 0.4) is 0 Å². The van der Waals surface area contributed by atoms with Gasteiger partial charge in [0.25, 0.3) is 0 Å². The molecule has 0 amide bonds. The molecule has 0 aliphatic carbocycles. The Balaban J connectivity index is 2.03. The Morgan fingerprint density at radius 3 is 3.11 bits per heavy atom. The van der Waals surface area contributed by atoms with E-state index in [4.69, 9.17) is 0 Å². The summed E-state index contributed by atoms with van der Waals surface area (Å²) in [6, 6.07) is 2.03. The normalized spacial score (nSPS) is 11.0. The van der Waals surface area contributed by atoms with Gasteiger partial charge in [-0.2, -0.15) is 5.10 Å². The number of anilines is 2. The van der Waals surface area contributed by atoms with Gasteiger partial charge < -0.3 is 5.32 Å². The van der Waals surface area contributed by atoms with Crippen LogP contribution < -0.4 is 5.32 Å². The van der Waals surface area contributed by atoms with Crippen LogP contribution in [0.15, 0.2) is 24.0 Å². The lowest BCUT2D eigenvalue weighted by Crippen LogP contribution is -1.96. The summed E-state index contributed by atoms with van der Waals surface area (Å²) < 4.78 is 1.81. The molecule has 3 heterocycles. The Morgan fingerprint density at radius 2 is 2.28 bits per heavy atom. The van der Waals surface area contributed by atoms with E-state index in [-0.39, 0.29) is 0 Å². The Hall–Kier alpha value is -1.95. The summed E-state index contributed by atoms with van der Waals surface area (Å²) in [5, 5.41) is 10.8. The molecular formula is C12H13N5S. The minimum Gasteiger partial charge on any atom is -0.337 e. The third-order valence-electron chi connectivity index (χ3n) is 2.75. The molecule has 0 fully saturated rings. The standard InChI is InChI=1S/C12H13N5S/c1-3-9-10(6-17(2)16-9)15-11-8-4-5-18-12(8)14-7-13-11/h4-7H,3H2,1-2H3,(H,13,14,15). The van der Waals surface area contributed by atoms with Gasteiger partial charge in [0.15, 0.2) is 0 Å². The van der Waals surface area contributed by atoms with Gasteiger partial charge >= 0.3 is 0 Å². The van der Waals surface area contributed by atoms with E-state index < -0.39 is 0 Å². The van der Waals surface area contributed by atoms with Crippen molar-refractivity contribution in [2.24, 2.45) is 7.05 Å². The predicted molar refractivity (Wildman–Crippen MR) is 73.3 cm³/mol. The van der Waals surface area contributed by atoms with Crippen molar-refractivity contribution >= 4 is 33.1 Å². The molecule has 1 N–H and O–H groups in total. The number of hydrogen-bond donors (Lipinski definition) is 1. The van der Waals surface area contributed by atoms with Gasteiger partial charge in [-0.15, -0.1) is 11.3 Å². The number of aryl methyl sites for hydroxylation is 2. The highest BCUT2D eigenvalue weighted by Crippen LogP contribution is 2.27. The van der Waals surface area contributed by atoms with Crippen LogP contribution in [0.4, 0.5) is 11.5 Å². The van der Waals surface area contributed by atoms with Crippen molar-refractivity contribution in [2.75, 3.05) is 5.32 Å². The fourth-order valence-electron chi connectivity index (χ4n) is 1.92. The van der Waals surface area contributed by atoms with Crippen molar-refractivity contribution < 1.29 is 0 Å². The molecule has 0 aliphatic heterocycles. The number of hydrogen-bond acceptors (Lipinski definition) is 5. The number of aromatic nitrogens is 4. The van der Waals surface area contributed by atoms with E-state index in [1.54, 1.807) is 17.7 Å². The van der Waals surface area contributed by atoms with E-state index >= 15 is 0 Å². The van der Waals surface area contributed by atoms with Gasteiger partial charge in [-0.05, 0) is 17.9 Å². The molecule has 18 heavy (non-hydrogen) atoms. The van der Waals surface area contributed by atoms with Gasteiger partial charge in [0.05, 0.1) is 16.8 Å². The molecule has 0 radical (unpaired) electrons. The van der Waals surface area contributed by atoms with Crippen LogP contribution in [0.1, 0.15) is 12.6 Å². The average molecular weight is 259 g/mol. The maximum atomic E-state index is 4.41. The molecule has 0 aromatic carbocycles. The first kappa shape index (κ1) is 11.2. The summed E-state index contributed by atoms with van der Waals surface area (Å²) in [4.78, 5) is 9.54. The molecule has 0 atom stereocenters. The van der Waals surface area contributed by atoms with Crippen molar-refractivity contribution in [1.29, 1.82) is 0 Å².